The summed E-state index contributed by atoms with van der Waals surface area (Å²) in [6.07, 6.45) is 1.65. The summed E-state index contributed by atoms with van der Waals surface area (Å²) in [4.78, 5) is 55.1. The van der Waals surface area contributed by atoms with E-state index in [2.05, 4.69) is 10.4 Å². The minimum Gasteiger partial charge on any atom is -0.465 e. The van der Waals surface area contributed by atoms with E-state index in [-0.39, 0.29) is 11.3 Å². The number of methoxy groups -OCH3 is 1. The summed E-state index contributed by atoms with van der Waals surface area (Å²) >= 11 is 0. The van der Waals surface area contributed by atoms with Gasteiger partial charge in [0.1, 0.15) is 6.04 Å². The molecule has 37 heavy (non-hydrogen) atoms. The highest BCUT2D eigenvalue weighted by Crippen LogP contribution is 2.53. The molecule has 0 saturated carbocycles. The van der Waals surface area contributed by atoms with Gasteiger partial charge < -0.3 is 10.1 Å². The van der Waals surface area contributed by atoms with Crippen molar-refractivity contribution in [1.29, 1.82) is 0 Å². The van der Waals surface area contributed by atoms with Gasteiger partial charge in [0, 0.05) is 5.69 Å². The molecule has 9 nitrogen and oxygen atoms in total. The van der Waals surface area contributed by atoms with Gasteiger partial charge in [-0.15, -0.1) is 0 Å². The maximum atomic E-state index is 14.0. The maximum absolute atomic E-state index is 14.0. The summed E-state index contributed by atoms with van der Waals surface area (Å²) in [5.74, 6) is -4.02. The Balaban J connectivity index is 1.46. The number of rotatable bonds is 4. The average molecular weight is 495 g/mol. The lowest BCUT2D eigenvalue weighted by atomic mass is 9.85. The van der Waals surface area contributed by atoms with Crippen molar-refractivity contribution >= 4 is 41.3 Å². The minimum absolute atomic E-state index is 0.0934. The zero-order chi connectivity index (χ0) is 25.7. The van der Waals surface area contributed by atoms with Gasteiger partial charge in [0.25, 0.3) is 0 Å². The van der Waals surface area contributed by atoms with Crippen molar-refractivity contribution in [3.8, 4) is 0 Å². The normalized spacial score (nSPS) is 23.4. The fourth-order valence-corrected chi connectivity index (χ4v) is 5.59. The zero-order valence-corrected chi connectivity index (χ0v) is 19.8. The highest BCUT2D eigenvalue weighted by molar-refractivity contribution is 6.26. The topological polar surface area (TPSA) is 108 Å². The fraction of sp³-hybridized carbons (Fsp3) is 0.179. The maximum Gasteiger partial charge on any atom is 0.339 e. The van der Waals surface area contributed by atoms with Crippen LogP contribution in [-0.2, 0) is 19.1 Å². The molecular formula is C28H22N4O5. The number of carbonyl (C=O) groups excluding carboxylic acids is 4. The highest BCUT2D eigenvalue weighted by atomic mass is 16.5. The second-order valence-corrected chi connectivity index (χ2v) is 9.07. The number of fused-ring (bicyclic) bond motifs is 5. The van der Waals surface area contributed by atoms with Crippen molar-refractivity contribution in [3.63, 3.8) is 0 Å². The van der Waals surface area contributed by atoms with E-state index in [0.29, 0.717) is 5.69 Å². The predicted octanol–water partition coefficient (Wildman–Crippen LogP) is 2.99. The van der Waals surface area contributed by atoms with E-state index >= 15 is 0 Å². The molecule has 3 aromatic rings. The molecule has 0 aliphatic carbocycles. The highest BCUT2D eigenvalue weighted by Gasteiger charge is 2.65. The van der Waals surface area contributed by atoms with E-state index in [1.807, 2.05) is 30.3 Å². The number of hydrogen-bond acceptors (Lipinski definition) is 7. The van der Waals surface area contributed by atoms with Gasteiger partial charge in [0.2, 0.25) is 17.7 Å². The van der Waals surface area contributed by atoms with Crippen LogP contribution in [0.15, 0.2) is 84.0 Å². The third-order valence-electron chi connectivity index (χ3n) is 7.15. The second-order valence-electron chi connectivity index (χ2n) is 9.07. The van der Waals surface area contributed by atoms with Crippen molar-refractivity contribution in [3.05, 3.63) is 95.6 Å². The number of hydrazone groups is 1. The first kappa shape index (κ1) is 22.7. The van der Waals surface area contributed by atoms with Crippen molar-refractivity contribution < 1.29 is 23.9 Å². The van der Waals surface area contributed by atoms with E-state index < -0.39 is 47.6 Å². The molecule has 184 valence electrons. The third-order valence-corrected chi connectivity index (χ3v) is 7.15. The summed E-state index contributed by atoms with van der Waals surface area (Å²) in [5, 5.41) is 8.99. The molecule has 1 N–H and O–H groups in total. The number of amides is 3. The Bertz CT molecular complexity index is 1470. The molecule has 2 saturated heterocycles. The van der Waals surface area contributed by atoms with Crippen molar-refractivity contribution in [2.45, 2.75) is 12.1 Å². The predicted molar refractivity (Wildman–Crippen MR) is 135 cm³/mol. The van der Waals surface area contributed by atoms with E-state index in [9.17, 15) is 19.2 Å². The molecule has 3 aliphatic rings. The van der Waals surface area contributed by atoms with Crippen LogP contribution in [0.2, 0.25) is 0 Å². The average Bonchev–Trinajstić information content (AvgIpc) is 3.41. The smallest absolute Gasteiger partial charge is 0.339 e. The van der Waals surface area contributed by atoms with Gasteiger partial charge >= 0.3 is 5.97 Å². The molecule has 3 heterocycles. The monoisotopic (exact) mass is 494 g/mol. The van der Waals surface area contributed by atoms with E-state index in [1.54, 1.807) is 47.6 Å². The number of imide groups is 1. The van der Waals surface area contributed by atoms with Crippen LogP contribution < -0.4 is 10.2 Å². The molecule has 0 spiro atoms. The Morgan fingerprint density at radius 1 is 0.865 bits per heavy atom. The number of para-hydroxylation sites is 2. The van der Waals surface area contributed by atoms with Crippen LogP contribution in [-0.4, -0.2) is 48.1 Å². The van der Waals surface area contributed by atoms with Crippen molar-refractivity contribution in [2.24, 2.45) is 16.9 Å². The number of carbonyl (C=O) groups is 4. The molecule has 0 unspecified atom stereocenters. The van der Waals surface area contributed by atoms with Gasteiger partial charge in [-0.1, -0.05) is 54.6 Å². The molecule has 9 heteroatoms. The number of hydrogen-bond donors (Lipinski definition) is 1. The molecule has 0 aromatic heterocycles. The standard InChI is InChI=1S/C28H22N4O5/c1-37-28(36)19-13-7-8-14-20(19)31-26(34)21-22(27(31)35)24(25(33)30-17-10-3-2-4-11-17)32-23(21)18-12-6-5-9-16(18)15-29-32/h2-15,21-24H,1H3,(H,30,33)/t21-,22+,23-,24+/m0/s1. The van der Waals surface area contributed by atoms with Gasteiger partial charge in [-0.3, -0.25) is 19.4 Å². The molecule has 3 aliphatic heterocycles. The summed E-state index contributed by atoms with van der Waals surface area (Å²) in [7, 11) is 1.24. The van der Waals surface area contributed by atoms with Gasteiger partial charge in [0.05, 0.1) is 42.5 Å². The number of anilines is 2. The van der Waals surface area contributed by atoms with Crippen LogP contribution in [0.3, 0.4) is 0 Å². The quantitative estimate of drug-likeness (QED) is 0.441. The molecule has 4 atom stereocenters. The summed E-state index contributed by atoms with van der Waals surface area (Å²) < 4.78 is 4.88. The Morgan fingerprint density at radius 2 is 1.54 bits per heavy atom. The number of esters is 1. The molecule has 6 rings (SSSR count). The Kier molecular flexibility index (Phi) is 5.33. The minimum atomic E-state index is -1.04. The first-order valence-corrected chi connectivity index (χ1v) is 11.8. The van der Waals surface area contributed by atoms with E-state index in [0.717, 1.165) is 16.0 Å². The SMILES string of the molecule is COC(=O)c1ccccc1N1C(=O)[C@@H]2[C@H](C1=O)[C@@H]1c3ccccc3C=NN1[C@H]2C(=O)Nc1ccccc1. The van der Waals surface area contributed by atoms with Crippen molar-refractivity contribution in [2.75, 3.05) is 17.3 Å². The van der Waals surface area contributed by atoms with Crippen LogP contribution >= 0.6 is 0 Å². The molecule has 2 fully saturated rings. The first-order valence-electron chi connectivity index (χ1n) is 11.8. The lowest BCUT2D eigenvalue weighted by molar-refractivity contribution is -0.129. The van der Waals surface area contributed by atoms with Gasteiger partial charge in [-0.05, 0) is 35.4 Å². The number of nitrogens with one attached hydrogen (secondary N) is 1. The Labute approximate surface area is 212 Å². The van der Waals surface area contributed by atoms with Crippen LogP contribution in [0, 0.1) is 11.8 Å². The summed E-state index contributed by atoms with van der Waals surface area (Å²) in [6.45, 7) is 0. The lowest BCUT2D eigenvalue weighted by Crippen LogP contribution is -2.46. The van der Waals surface area contributed by atoms with Crippen LogP contribution in [0.4, 0.5) is 11.4 Å². The number of nitrogens with zero attached hydrogens (tertiary/aromatic N) is 3. The van der Waals surface area contributed by atoms with Crippen LogP contribution in [0.5, 0.6) is 0 Å². The second kappa shape index (κ2) is 8.70. The Morgan fingerprint density at radius 3 is 2.32 bits per heavy atom. The van der Waals surface area contributed by atoms with Crippen LogP contribution in [0.25, 0.3) is 0 Å². The lowest BCUT2D eigenvalue weighted by Gasteiger charge is -2.33. The number of benzene rings is 3. The van der Waals surface area contributed by atoms with Crippen LogP contribution in [0.1, 0.15) is 27.5 Å². The summed E-state index contributed by atoms with van der Waals surface area (Å²) in [5.41, 5.74) is 2.43. The zero-order valence-electron chi connectivity index (χ0n) is 19.8. The van der Waals surface area contributed by atoms with Crippen molar-refractivity contribution in [1.82, 2.24) is 5.01 Å². The van der Waals surface area contributed by atoms with E-state index in [4.69, 9.17) is 4.74 Å². The molecule has 0 bridgehead atoms. The fourth-order valence-electron chi connectivity index (χ4n) is 5.59. The first-order chi connectivity index (χ1) is 18.0. The molecule has 3 amide bonds. The van der Waals surface area contributed by atoms with Gasteiger partial charge in [-0.2, -0.15) is 5.10 Å². The third kappa shape index (κ3) is 3.42. The largest absolute Gasteiger partial charge is 0.465 e. The number of ether oxygens (including phenoxy) is 1. The summed E-state index contributed by atoms with van der Waals surface area (Å²) in [6, 6.07) is 21.1. The van der Waals surface area contributed by atoms with E-state index in [1.165, 1.54) is 19.2 Å². The van der Waals surface area contributed by atoms with Gasteiger partial charge in [-0.25, -0.2) is 9.69 Å². The molecule has 0 radical (unpaired) electrons. The van der Waals surface area contributed by atoms with Gasteiger partial charge in [0.15, 0.2) is 0 Å². The molecular weight excluding hydrogens is 472 g/mol. The Hall–Kier alpha value is -4.79. The molecule has 3 aromatic carbocycles.